The van der Waals surface area contributed by atoms with Gasteiger partial charge in [-0.2, -0.15) is 0 Å². The second kappa shape index (κ2) is 4.44. The van der Waals surface area contributed by atoms with Crippen molar-refractivity contribution < 1.29 is 0 Å². The van der Waals surface area contributed by atoms with Gasteiger partial charge in [0.25, 0.3) is 0 Å². The van der Waals surface area contributed by atoms with Crippen LogP contribution in [-0.2, 0) is 0 Å². The van der Waals surface area contributed by atoms with Crippen LogP contribution < -0.4 is 11.3 Å². The predicted octanol–water partition coefficient (Wildman–Crippen LogP) is 2.97. The van der Waals surface area contributed by atoms with Gasteiger partial charge in [0.2, 0.25) is 0 Å². The average Bonchev–Trinajstić information content (AvgIpc) is 2.34. The Hall–Kier alpha value is 0.200. The van der Waals surface area contributed by atoms with E-state index in [1.807, 2.05) is 13.0 Å². The standard InChI is InChI=1S/C7H10Cl2N2S/c1-2-5(11-10)4-3-6(8)12-7(4)9/h3,5,11H,2,10H2,1H3. The highest BCUT2D eigenvalue weighted by atomic mass is 35.5. The maximum atomic E-state index is 5.94. The number of rotatable bonds is 3. The fourth-order valence-corrected chi connectivity index (χ4v) is 2.60. The van der Waals surface area contributed by atoms with Gasteiger partial charge in [-0.1, -0.05) is 30.1 Å². The SMILES string of the molecule is CCC(NN)c1cc(Cl)sc1Cl. The normalized spacial score (nSPS) is 13.3. The largest absolute Gasteiger partial charge is 0.271 e. The molecule has 0 aliphatic carbocycles. The summed E-state index contributed by atoms with van der Waals surface area (Å²) in [7, 11) is 0. The Morgan fingerprint density at radius 2 is 2.33 bits per heavy atom. The molecule has 0 aliphatic rings. The lowest BCUT2D eigenvalue weighted by atomic mass is 10.1. The molecule has 0 amide bonds. The summed E-state index contributed by atoms with van der Waals surface area (Å²) in [5.74, 6) is 5.35. The van der Waals surface area contributed by atoms with E-state index in [-0.39, 0.29) is 6.04 Å². The maximum absolute atomic E-state index is 5.94. The van der Waals surface area contributed by atoms with Crippen LogP contribution in [0.3, 0.4) is 0 Å². The first-order chi connectivity index (χ1) is 5.69. The predicted molar refractivity (Wildman–Crippen MR) is 54.7 cm³/mol. The minimum Gasteiger partial charge on any atom is -0.271 e. The summed E-state index contributed by atoms with van der Waals surface area (Å²) in [5.41, 5.74) is 3.67. The van der Waals surface area contributed by atoms with Crippen molar-refractivity contribution >= 4 is 34.5 Å². The molecule has 0 bridgehead atoms. The van der Waals surface area contributed by atoms with E-state index in [4.69, 9.17) is 29.0 Å². The third kappa shape index (κ3) is 2.12. The minimum absolute atomic E-state index is 0.0984. The minimum atomic E-state index is 0.0984. The van der Waals surface area contributed by atoms with E-state index in [1.165, 1.54) is 11.3 Å². The molecule has 0 saturated carbocycles. The van der Waals surface area contributed by atoms with Crippen LogP contribution in [0.5, 0.6) is 0 Å². The first-order valence-corrected chi connectivity index (χ1v) is 5.17. The topological polar surface area (TPSA) is 38.0 Å². The highest BCUT2D eigenvalue weighted by Crippen LogP contribution is 2.35. The van der Waals surface area contributed by atoms with Crippen molar-refractivity contribution in [3.05, 3.63) is 20.3 Å². The van der Waals surface area contributed by atoms with Gasteiger partial charge in [0, 0.05) is 11.6 Å². The fourth-order valence-electron chi connectivity index (χ4n) is 1.02. The van der Waals surface area contributed by atoms with Crippen molar-refractivity contribution in [1.82, 2.24) is 5.43 Å². The lowest BCUT2D eigenvalue weighted by molar-refractivity contribution is 0.541. The lowest BCUT2D eigenvalue weighted by Gasteiger charge is -2.11. The van der Waals surface area contributed by atoms with Crippen LogP contribution in [-0.4, -0.2) is 0 Å². The Bertz CT molecular complexity index is 258. The zero-order valence-corrected chi connectivity index (χ0v) is 8.93. The number of halogens is 2. The molecule has 1 aromatic heterocycles. The first kappa shape index (κ1) is 10.3. The molecule has 1 rings (SSSR count). The first-order valence-electron chi connectivity index (χ1n) is 3.59. The van der Waals surface area contributed by atoms with E-state index < -0.39 is 0 Å². The van der Waals surface area contributed by atoms with Gasteiger partial charge in [0.1, 0.15) is 0 Å². The van der Waals surface area contributed by atoms with Crippen LogP contribution in [0.2, 0.25) is 8.67 Å². The summed E-state index contributed by atoms with van der Waals surface area (Å²) in [6.45, 7) is 2.03. The molecule has 0 saturated heterocycles. The van der Waals surface area contributed by atoms with Gasteiger partial charge in [-0.25, -0.2) is 0 Å². The number of hydrogen-bond acceptors (Lipinski definition) is 3. The molecule has 1 unspecified atom stereocenters. The number of thiophene rings is 1. The molecule has 0 fully saturated rings. The molecule has 0 radical (unpaired) electrons. The van der Waals surface area contributed by atoms with E-state index in [0.717, 1.165) is 12.0 Å². The van der Waals surface area contributed by atoms with Crippen molar-refractivity contribution in [2.75, 3.05) is 0 Å². The zero-order valence-electron chi connectivity index (χ0n) is 6.60. The summed E-state index contributed by atoms with van der Waals surface area (Å²) >= 11 is 13.1. The number of nitrogens with one attached hydrogen (secondary N) is 1. The fraction of sp³-hybridized carbons (Fsp3) is 0.429. The molecule has 2 nitrogen and oxygen atoms in total. The quantitative estimate of drug-likeness (QED) is 0.613. The van der Waals surface area contributed by atoms with E-state index in [9.17, 15) is 0 Å². The molecule has 5 heteroatoms. The van der Waals surface area contributed by atoms with Gasteiger partial charge in [0.05, 0.1) is 8.67 Å². The van der Waals surface area contributed by atoms with Gasteiger partial charge in [-0.15, -0.1) is 11.3 Å². The van der Waals surface area contributed by atoms with E-state index >= 15 is 0 Å². The van der Waals surface area contributed by atoms with Crippen LogP contribution in [0.1, 0.15) is 24.9 Å². The van der Waals surface area contributed by atoms with Crippen molar-refractivity contribution in [2.24, 2.45) is 5.84 Å². The smallest absolute Gasteiger partial charge is 0.0992 e. The van der Waals surface area contributed by atoms with Crippen LogP contribution in [0.25, 0.3) is 0 Å². The summed E-state index contributed by atoms with van der Waals surface area (Å²) in [5, 5.41) is 0. The molecule has 1 heterocycles. The molecule has 0 aromatic carbocycles. The summed E-state index contributed by atoms with van der Waals surface area (Å²) in [6.07, 6.45) is 0.892. The van der Waals surface area contributed by atoms with Gasteiger partial charge < -0.3 is 0 Å². The number of hydrogen-bond donors (Lipinski definition) is 2. The summed E-state index contributed by atoms with van der Waals surface area (Å²) < 4.78 is 1.41. The third-order valence-electron chi connectivity index (χ3n) is 1.67. The second-order valence-electron chi connectivity index (χ2n) is 2.41. The van der Waals surface area contributed by atoms with Crippen LogP contribution in [0.4, 0.5) is 0 Å². The van der Waals surface area contributed by atoms with Crippen LogP contribution in [0.15, 0.2) is 6.07 Å². The molecule has 0 aliphatic heterocycles. The van der Waals surface area contributed by atoms with Gasteiger partial charge in [0.15, 0.2) is 0 Å². The molecule has 68 valence electrons. The highest BCUT2D eigenvalue weighted by molar-refractivity contribution is 7.20. The third-order valence-corrected chi connectivity index (χ3v) is 3.19. The molecular formula is C7H10Cl2N2S. The molecule has 12 heavy (non-hydrogen) atoms. The van der Waals surface area contributed by atoms with Gasteiger partial charge in [-0.05, 0) is 12.5 Å². The van der Waals surface area contributed by atoms with Gasteiger partial charge >= 0.3 is 0 Å². The molecule has 0 spiro atoms. The number of hydrazine groups is 1. The van der Waals surface area contributed by atoms with Gasteiger partial charge in [-0.3, -0.25) is 11.3 Å². The van der Waals surface area contributed by atoms with Crippen molar-refractivity contribution in [3.8, 4) is 0 Å². The molecular weight excluding hydrogens is 215 g/mol. The molecule has 1 aromatic rings. The zero-order chi connectivity index (χ0) is 9.14. The Morgan fingerprint density at radius 1 is 1.67 bits per heavy atom. The summed E-state index contributed by atoms with van der Waals surface area (Å²) in [6, 6.07) is 1.95. The monoisotopic (exact) mass is 224 g/mol. The lowest BCUT2D eigenvalue weighted by Crippen LogP contribution is -2.27. The number of nitrogens with two attached hydrogens (primary N) is 1. The Kier molecular flexibility index (Phi) is 3.80. The molecule has 3 N–H and O–H groups in total. The van der Waals surface area contributed by atoms with E-state index in [2.05, 4.69) is 5.43 Å². The second-order valence-corrected chi connectivity index (χ2v) is 4.69. The molecule has 1 atom stereocenters. The van der Waals surface area contributed by atoms with E-state index in [0.29, 0.717) is 8.67 Å². The van der Waals surface area contributed by atoms with Crippen molar-refractivity contribution in [1.29, 1.82) is 0 Å². The Morgan fingerprint density at radius 3 is 2.67 bits per heavy atom. The maximum Gasteiger partial charge on any atom is 0.0992 e. The Labute approximate surface area is 85.6 Å². The average molecular weight is 225 g/mol. The van der Waals surface area contributed by atoms with Crippen molar-refractivity contribution in [3.63, 3.8) is 0 Å². The highest BCUT2D eigenvalue weighted by Gasteiger charge is 2.13. The van der Waals surface area contributed by atoms with Crippen molar-refractivity contribution in [2.45, 2.75) is 19.4 Å². The van der Waals surface area contributed by atoms with E-state index in [1.54, 1.807) is 0 Å². The van der Waals surface area contributed by atoms with Crippen LogP contribution >= 0.6 is 34.5 Å². The van der Waals surface area contributed by atoms with Crippen LogP contribution in [0, 0.1) is 0 Å². The summed E-state index contributed by atoms with van der Waals surface area (Å²) in [4.78, 5) is 0. The Balaban J connectivity index is 2.91.